The Balaban J connectivity index is 1.97. The number of carbonyl (C=O) groups is 1. The fraction of sp³-hybridized carbons (Fsp3) is 0.345. The minimum absolute atomic E-state index is 0.0971. The Kier molecular flexibility index (Phi) is 9.49. The van der Waals surface area contributed by atoms with Crippen LogP contribution in [0.25, 0.3) is 17.3 Å². The van der Waals surface area contributed by atoms with E-state index in [1.165, 1.54) is 11.1 Å². The number of nitrogens with zero attached hydrogens (tertiary/aromatic N) is 3. The van der Waals surface area contributed by atoms with Gasteiger partial charge < -0.3 is 5.32 Å². The molecule has 0 aliphatic carbocycles. The van der Waals surface area contributed by atoms with Crippen LogP contribution < -0.4 is 5.32 Å². The maximum absolute atomic E-state index is 13.6. The maximum atomic E-state index is 13.6. The quantitative estimate of drug-likeness (QED) is 0.243. The van der Waals surface area contributed by atoms with Crippen molar-refractivity contribution < 1.29 is 4.79 Å². The molecule has 2 aromatic heterocycles. The summed E-state index contributed by atoms with van der Waals surface area (Å²) in [6, 6.07) is 12.2. The minimum Gasteiger partial charge on any atom is -0.345 e. The average Bonchev–Trinajstić information content (AvgIpc) is 3.26. The zero-order valence-electron chi connectivity index (χ0n) is 21.6. The predicted molar refractivity (Wildman–Crippen MR) is 148 cm³/mol. The van der Waals surface area contributed by atoms with Crippen molar-refractivity contribution in [2.24, 2.45) is 0 Å². The highest BCUT2D eigenvalue weighted by atomic mass is 32.2. The van der Waals surface area contributed by atoms with Gasteiger partial charge in [-0.25, -0.2) is 9.67 Å². The van der Waals surface area contributed by atoms with E-state index < -0.39 is 0 Å². The first-order chi connectivity index (χ1) is 16.9. The summed E-state index contributed by atoms with van der Waals surface area (Å²) in [5.41, 5.74) is 6.81. The van der Waals surface area contributed by atoms with E-state index in [4.69, 9.17) is 0 Å². The highest BCUT2D eigenvalue weighted by Gasteiger charge is 2.22. The number of pyridine rings is 1. The summed E-state index contributed by atoms with van der Waals surface area (Å²) >= 11 is 1.70. The standard InChI is InChI=1S/C29H36N4OS/c1-7-20(5)17-27-25(19-31-33(27)23-13-11-21(6)12-14-23)24(8-2)29(34)32-26(9-3)22-15-16-30-28(18-22)35-10-4/h8,11-19,26H,7,9-10H2,1-6H3,(H,32,34)/b20-17+,24-8+. The third kappa shape index (κ3) is 6.51. The second-order valence-corrected chi connectivity index (χ2v) is 9.82. The lowest BCUT2D eigenvalue weighted by Gasteiger charge is -2.19. The van der Waals surface area contributed by atoms with Crippen molar-refractivity contribution in [2.75, 3.05) is 5.75 Å². The lowest BCUT2D eigenvalue weighted by atomic mass is 10.0. The van der Waals surface area contributed by atoms with Crippen molar-refractivity contribution >= 4 is 29.3 Å². The summed E-state index contributed by atoms with van der Waals surface area (Å²) < 4.78 is 1.92. The van der Waals surface area contributed by atoms with Crippen LogP contribution in [0.1, 0.15) is 75.9 Å². The largest absolute Gasteiger partial charge is 0.345 e. The van der Waals surface area contributed by atoms with Gasteiger partial charge in [0.25, 0.3) is 5.91 Å². The number of hydrogen-bond donors (Lipinski definition) is 1. The van der Waals surface area contributed by atoms with Crippen molar-refractivity contribution in [3.63, 3.8) is 0 Å². The third-order valence-corrected chi connectivity index (χ3v) is 6.82. The zero-order valence-corrected chi connectivity index (χ0v) is 22.4. The highest BCUT2D eigenvalue weighted by molar-refractivity contribution is 7.99. The Bertz CT molecular complexity index is 1210. The first-order valence-corrected chi connectivity index (χ1v) is 13.3. The summed E-state index contributed by atoms with van der Waals surface area (Å²) in [6.45, 7) is 12.4. The maximum Gasteiger partial charge on any atom is 0.252 e. The van der Waals surface area contributed by atoms with Gasteiger partial charge in [-0.3, -0.25) is 4.79 Å². The van der Waals surface area contributed by atoms with Crippen molar-refractivity contribution in [1.82, 2.24) is 20.1 Å². The average molecular weight is 489 g/mol. The van der Waals surface area contributed by atoms with Crippen molar-refractivity contribution in [2.45, 2.75) is 65.5 Å². The number of nitrogens with one attached hydrogen (secondary N) is 1. The lowest BCUT2D eigenvalue weighted by molar-refractivity contribution is -0.116. The normalized spacial score (nSPS) is 13.1. The molecule has 35 heavy (non-hydrogen) atoms. The molecule has 0 saturated heterocycles. The smallest absolute Gasteiger partial charge is 0.252 e. The molecule has 3 aromatic rings. The van der Waals surface area contributed by atoms with Crippen LogP contribution in [0.2, 0.25) is 0 Å². The van der Waals surface area contributed by atoms with Gasteiger partial charge in [-0.1, -0.05) is 50.1 Å². The lowest BCUT2D eigenvalue weighted by Crippen LogP contribution is -2.29. The molecular weight excluding hydrogens is 452 g/mol. The number of hydrogen-bond acceptors (Lipinski definition) is 4. The summed E-state index contributed by atoms with van der Waals surface area (Å²) in [5.74, 6) is 0.855. The monoisotopic (exact) mass is 488 g/mol. The molecule has 1 amide bonds. The minimum atomic E-state index is -0.104. The molecule has 1 aromatic carbocycles. The van der Waals surface area contributed by atoms with Crippen molar-refractivity contribution in [3.05, 3.63) is 82.8 Å². The van der Waals surface area contributed by atoms with Crippen LogP contribution in [0.15, 0.2) is 65.5 Å². The fourth-order valence-corrected chi connectivity index (χ4v) is 4.52. The van der Waals surface area contributed by atoms with Gasteiger partial charge in [0, 0.05) is 17.3 Å². The molecule has 0 bridgehead atoms. The highest BCUT2D eigenvalue weighted by Crippen LogP contribution is 2.27. The van der Waals surface area contributed by atoms with E-state index in [1.807, 2.05) is 29.9 Å². The second kappa shape index (κ2) is 12.5. The van der Waals surface area contributed by atoms with E-state index in [2.05, 4.69) is 86.4 Å². The number of benzene rings is 1. The molecule has 1 unspecified atom stereocenters. The number of allylic oxidation sites excluding steroid dienone is 2. The SMILES string of the molecule is C/C=C(/C(=O)NC(CC)c1ccnc(SCC)c1)c1cnn(-c2ccc(C)cc2)c1/C=C(\C)CC. The molecule has 3 rings (SSSR count). The summed E-state index contributed by atoms with van der Waals surface area (Å²) in [7, 11) is 0. The van der Waals surface area contributed by atoms with Gasteiger partial charge in [0.1, 0.15) is 0 Å². The number of thioether (sulfide) groups is 1. The van der Waals surface area contributed by atoms with Crippen LogP contribution in [0.3, 0.4) is 0 Å². The molecule has 2 heterocycles. The van der Waals surface area contributed by atoms with E-state index in [-0.39, 0.29) is 11.9 Å². The molecule has 0 aliphatic rings. The van der Waals surface area contributed by atoms with E-state index >= 15 is 0 Å². The molecule has 184 valence electrons. The molecular formula is C29H36N4OS. The van der Waals surface area contributed by atoms with Gasteiger partial charge >= 0.3 is 0 Å². The van der Waals surface area contributed by atoms with Crippen LogP contribution in [-0.2, 0) is 4.79 Å². The molecule has 0 saturated carbocycles. The first kappa shape index (κ1) is 26.5. The van der Waals surface area contributed by atoms with Gasteiger partial charge in [-0.05, 0) is 75.3 Å². The van der Waals surface area contributed by atoms with Gasteiger partial charge in [0.15, 0.2) is 0 Å². The van der Waals surface area contributed by atoms with E-state index in [9.17, 15) is 4.79 Å². The van der Waals surface area contributed by atoms with Crippen molar-refractivity contribution in [3.8, 4) is 5.69 Å². The van der Waals surface area contributed by atoms with Crippen molar-refractivity contribution in [1.29, 1.82) is 0 Å². The molecule has 0 spiro atoms. The Hall–Kier alpha value is -3.12. The Labute approximate surface area is 213 Å². The van der Waals surface area contributed by atoms with E-state index in [0.29, 0.717) is 5.57 Å². The molecule has 0 aliphatic heterocycles. The molecule has 0 fully saturated rings. The van der Waals surface area contributed by atoms with Gasteiger partial charge in [0.2, 0.25) is 0 Å². The molecule has 6 heteroatoms. The van der Waals surface area contributed by atoms with E-state index in [0.717, 1.165) is 46.1 Å². The van der Waals surface area contributed by atoms with E-state index in [1.54, 1.807) is 18.0 Å². The van der Waals surface area contributed by atoms with Crippen LogP contribution in [-0.4, -0.2) is 26.4 Å². The summed E-state index contributed by atoms with van der Waals surface area (Å²) in [4.78, 5) is 18.0. The Morgan fingerprint density at radius 2 is 1.91 bits per heavy atom. The number of rotatable bonds is 10. The van der Waals surface area contributed by atoms with Gasteiger partial charge in [-0.15, -0.1) is 11.8 Å². The van der Waals surface area contributed by atoms with Crippen LogP contribution in [0.5, 0.6) is 0 Å². The van der Waals surface area contributed by atoms with Crippen LogP contribution in [0, 0.1) is 6.92 Å². The third-order valence-electron chi connectivity index (χ3n) is 6.02. The number of carbonyl (C=O) groups excluding carboxylic acids is 1. The fourth-order valence-electron chi connectivity index (χ4n) is 3.87. The summed E-state index contributed by atoms with van der Waals surface area (Å²) in [5, 5.41) is 8.91. The molecule has 1 atom stereocenters. The number of amides is 1. The summed E-state index contributed by atoms with van der Waals surface area (Å²) in [6.07, 6.45) is 9.34. The second-order valence-electron chi connectivity index (χ2n) is 8.53. The molecule has 0 radical (unpaired) electrons. The predicted octanol–water partition coefficient (Wildman–Crippen LogP) is 7.17. The first-order valence-electron chi connectivity index (χ1n) is 12.3. The van der Waals surface area contributed by atoms with Crippen LogP contribution >= 0.6 is 11.8 Å². The van der Waals surface area contributed by atoms with Gasteiger partial charge in [0.05, 0.1) is 28.6 Å². The number of aryl methyl sites for hydroxylation is 1. The Morgan fingerprint density at radius 3 is 2.54 bits per heavy atom. The zero-order chi connectivity index (χ0) is 25.4. The molecule has 5 nitrogen and oxygen atoms in total. The van der Waals surface area contributed by atoms with Crippen LogP contribution in [0.4, 0.5) is 0 Å². The van der Waals surface area contributed by atoms with Gasteiger partial charge in [-0.2, -0.15) is 5.10 Å². The topological polar surface area (TPSA) is 59.8 Å². The molecule has 1 N–H and O–H groups in total. The Morgan fingerprint density at radius 1 is 1.17 bits per heavy atom. The number of aromatic nitrogens is 3.